The smallest absolute Gasteiger partial charge is 0.321 e. The quantitative estimate of drug-likeness (QED) is 0.862. The summed E-state index contributed by atoms with van der Waals surface area (Å²) in [6.07, 6.45) is 0. The fourth-order valence-electron chi connectivity index (χ4n) is 3.25. The summed E-state index contributed by atoms with van der Waals surface area (Å²) in [6.45, 7) is 2.02. The first-order valence-electron chi connectivity index (χ1n) is 8.75. The van der Waals surface area contributed by atoms with E-state index in [-0.39, 0.29) is 12.1 Å². The molecule has 2 aromatic rings. The van der Waals surface area contributed by atoms with E-state index in [9.17, 15) is 4.79 Å². The minimum atomic E-state index is -0.129. The van der Waals surface area contributed by atoms with E-state index in [1.165, 1.54) is 0 Å². The zero-order chi connectivity index (χ0) is 19.4. The summed E-state index contributed by atoms with van der Waals surface area (Å²) in [6, 6.07) is 13.0. The van der Waals surface area contributed by atoms with Crippen molar-refractivity contribution in [3.63, 3.8) is 0 Å². The molecule has 1 heterocycles. The van der Waals surface area contributed by atoms with Gasteiger partial charge in [0.05, 0.1) is 20.3 Å². The Morgan fingerprint density at radius 3 is 2.59 bits per heavy atom. The molecule has 0 radical (unpaired) electrons. The molecule has 1 fully saturated rings. The highest BCUT2D eigenvalue weighted by Gasteiger charge is 2.29. The second kappa shape index (κ2) is 8.50. The molecule has 2 amide bonds. The lowest BCUT2D eigenvalue weighted by atomic mass is 10.0. The maximum absolute atomic E-state index is 12.7. The van der Waals surface area contributed by atoms with Gasteiger partial charge in [0.15, 0.2) is 11.5 Å². The summed E-state index contributed by atoms with van der Waals surface area (Å²) in [5, 5.41) is 3.51. The van der Waals surface area contributed by atoms with Gasteiger partial charge in [0.1, 0.15) is 0 Å². The molecule has 6 nitrogen and oxygen atoms in total. The molecule has 144 valence electrons. The molecule has 0 saturated carbocycles. The Kier molecular flexibility index (Phi) is 6.08. The number of benzene rings is 2. The third-order valence-corrected chi connectivity index (χ3v) is 5.04. The lowest BCUT2D eigenvalue weighted by Crippen LogP contribution is -2.50. The first-order valence-corrected chi connectivity index (χ1v) is 9.13. The molecule has 27 heavy (non-hydrogen) atoms. The third kappa shape index (κ3) is 4.46. The van der Waals surface area contributed by atoms with Gasteiger partial charge in [0.25, 0.3) is 0 Å². The first-order chi connectivity index (χ1) is 13.0. The first kappa shape index (κ1) is 19.3. The highest BCUT2D eigenvalue weighted by atomic mass is 35.5. The average Bonchev–Trinajstić information content (AvgIpc) is 2.67. The monoisotopic (exact) mass is 389 g/mol. The second-order valence-electron chi connectivity index (χ2n) is 6.50. The number of methoxy groups -OCH3 is 2. The van der Waals surface area contributed by atoms with Crippen LogP contribution < -0.4 is 14.8 Å². The number of carbonyl (C=O) groups is 1. The number of rotatable bonds is 4. The minimum absolute atomic E-state index is 0.0728. The number of anilines is 1. The number of likely N-dealkylation sites (N-methyl/N-ethyl adjacent to an activating group) is 1. The summed E-state index contributed by atoms with van der Waals surface area (Å²) < 4.78 is 10.7. The number of amides is 2. The Hall–Kier alpha value is -2.44. The zero-order valence-electron chi connectivity index (χ0n) is 15.7. The molecule has 7 heteroatoms. The number of urea groups is 1. The van der Waals surface area contributed by atoms with E-state index in [4.69, 9.17) is 21.1 Å². The second-order valence-corrected chi connectivity index (χ2v) is 6.93. The Morgan fingerprint density at radius 1 is 1.11 bits per heavy atom. The molecule has 1 aliphatic heterocycles. The van der Waals surface area contributed by atoms with Crippen molar-refractivity contribution in [2.45, 2.75) is 6.04 Å². The largest absolute Gasteiger partial charge is 0.493 e. The van der Waals surface area contributed by atoms with Crippen molar-refractivity contribution in [3.8, 4) is 11.5 Å². The van der Waals surface area contributed by atoms with Gasteiger partial charge in [-0.3, -0.25) is 4.90 Å². The molecule has 1 atom stereocenters. The van der Waals surface area contributed by atoms with Crippen molar-refractivity contribution < 1.29 is 14.3 Å². The molecule has 1 saturated heterocycles. The number of ether oxygens (including phenoxy) is 2. The fourth-order valence-corrected chi connectivity index (χ4v) is 3.44. The van der Waals surface area contributed by atoms with Gasteiger partial charge < -0.3 is 19.7 Å². The molecule has 0 bridgehead atoms. The van der Waals surface area contributed by atoms with Crippen molar-refractivity contribution >= 4 is 23.3 Å². The van der Waals surface area contributed by atoms with E-state index < -0.39 is 0 Å². The van der Waals surface area contributed by atoms with Gasteiger partial charge in [-0.1, -0.05) is 23.7 Å². The van der Waals surface area contributed by atoms with Crippen LogP contribution in [0.2, 0.25) is 5.02 Å². The predicted molar refractivity (Wildman–Crippen MR) is 107 cm³/mol. The minimum Gasteiger partial charge on any atom is -0.493 e. The summed E-state index contributed by atoms with van der Waals surface area (Å²) in [5.74, 6) is 1.37. The topological polar surface area (TPSA) is 54.0 Å². The van der Waals surface area contributed by atoms with Gasteiger partial charge in [0, 0.05) is 30.3 Å². The zero-order valence-corrected chi connectivity index (χ0v) is 16.5. The Labute approximate surface area is 164 Å². The van der Waals surface area contributed by atoms with E-state index in [1.54, 1.807) is 26.4 Å². The predicted octanol–water partition coefficient (Wildman–Crippen LogP) is 3.88. The van der Waals surface area contributed by atoms with Crippen LogP contribution in [0.25, 0.3) is 0 Å². The van der Waals surface area contributed by atoms with Crippen LogP contribution in [0.15, 0.2) is 42.5 Å². The lowest BCUT2D eigenvalue weighted by molar-refractivity contribution is 0.116. The standard InChI is InChI=1S/C20H24ClN3O3/c1-23-9-10-24(20(25)22-16-6-4-5-15(21)12-16)13-17(23)14-7-8-18(26-2)19(11-14)27-3/h4-8,11-12,17H,9-10,13H2,1-3H3,(H,22,25). The Morgan fingerprint density at radius 2 is 1.89 bits per heavy atom. The molecule has 0 aliphatic carbocycles. The number of carbonyl (C=O) groups excluding carboxylic acids is 1. The molecule has 1 N–H and O–H groups in total. The van der Waals surface area contributed by atoms with Gasteiger partial charge in [0.2, 0.25) is 0 Å². The van der Waals surface area contributed by atoms with Crippen molar-refractivity contribution in [1.82, 2.24) is 9.80 Å². The van der Waals surface area contributed by atoms with E-state index in [0.717, 1.165) is 12.1 Å². The molecule has 3 rings (SSSR count). The Bertz CT molecular complexity index is 815. The van der Waals surface area contributed by atoms with E-state index in [1.807, 2.05) is 35.2 Å². The van der Waals surface area contributed by atoms with Crippen molar-refractivity contribution in [2.75, 3.05) is 46.2 Å². The summed E-state index contributed by atoms with van der Waals surface area (Å²) in [7, 11) is 5.30. The number of halogens is 1. The summed E-state index contributed by atoms with van der Waals surface area (Å²) in [5.41, 5.74) is 1.77. The molecule has 0 spiro atoms. The van der Waals surface area contributed by atoms with Crippen LogP contribution >= 0.6 is 11.6 Å². The number of hydrogen-bond donors (Lipinski definition) is 1. The number of hydrogen-bond acceptors (Lipinski definition) is 4. The van der Waals surface area contributed by atoms with E-state index >= 15 is 0 Å². The normalized spacial score (nSPS) is 17.5. The van der Waals surface area contributed by atoms with Gasteiger partial charge in [-0.25, -0.2) is 4.79 Å². The van der Waals surface area contributed by atoms with Crippen molar-refractivity contribution in [3.05, 3.63) is 53.1 Å². The van der Waals surface area contributed by atoms with Crippen molar-refractivity contribution in [2.24, 2.45) is 0 Å². The van der Waals surface area contributed by atoms with E-state index in [2.05, 4.69) is 17.3 Å². The summed E-state index contributed by atoms with van der Waals surface area (Å²) >= 11 is 6.00. The van der Waals surface area contributed by atoms with Gasteiger partial charge in [-0.05, 0) is 42.9 Å². The number of nitrogens with zero attached hydrogens (tertiary/aromatic N) is 2. The third-order valence-electron chi connectivity index (χ3n) is 4.80. The van der Waals surface area contributed by atoms with Crippen LogP contribution in [-0.2, 0) is 0 Å². The number of piperazine rings is 1. The van der Waals surface area contributed by atoms with Gasteiger partial charge in [-0.15, -0.1) is 0 Å². The van der Waals surface area contributed by atoms with E-state index in [0.29, 0.717) is 35.3 Å². The molecule has 0 aromatic heterocycles. The number of nitrogens with one attached hydrogen (secondary N) is 1. The summed E-state index contributed by atoms with van der Waals surface area (Å²) in [4.78, 5) is 16.8. The SMILES string of the molecule is COc1ccc(C2CN(C(=O)Nc3cccc(Cl)c3)CCN2C)cc1OC. The molecular weight excluding hydrogens is 366 g/mol. The van der Waals surface area contributed by atoms with Crippen LogP contribution in [0.1, 0.15) is 11.6 Å². The van der Waals surface area contributed by atoms with Crippen LogP contribution in [0.4, 0.5) is 10.5 Å². The lowest BCUT2D eigenvalue weighted by Gasteiger charge is -2.39. The van der Waals surface area contributed by atoms with Crippen LogP contribution in [-0.4, -0.2) is 56.7 Å². The average molecular weight is 390 g/mol. The molecular formula is C20H24ClN3O3. The van der Waals surface area contributed by atoms with Gasteiger partial charge in [-0.2, -0.15) is 0 Å². The van der Waals surface area contributed by atoms with Crippen LogP contribution in [0, 0.1) is 0 Å². The molecule has 2 aromatic carbocycles. The molecule has 1 aliphatic rings. The highest BCUT2D eigenvalue weighted by Crippen LogP contribution is 2.33. The maximum atomic E-state index is 12.7. The van der Waals surface area contributed by atoms with Crippen LogP contribution in [0.5, 0.6) is 11.5 Å². The maximum Gasteiger partial charge on any atom is 0.321 e. The van der Waals surface area contributed by atoms with Crippen LogP contribution in [0.3, 0.4) is 0 Å². The van der Waals surface area contributed by atoms with Gasteiger partial charge >= 0.3 is 6.03 Å². The molecule has 1 unspecified atom stereocenters. The fraction of sp³-hybridized carbons (Fsp3) is 0.350. The van der Waals surface area contributed by atoms with Crippen molar-refractivity contribution in [1.29, 1.82) is 0 Å². The Balaban J connectivity index is 1.75. The highest BCUT2D eigenvalue weighted by molar-refractivity contribution is 6.30.